The van der Waals surface area contributed by atoms with Gasteiger partial charge in [0.15, 0.2) is 10.7 Å². The van der Waals surface area contributed by atoms with Crippen LogP contribution in [0.3, 0.4) is 0 Å². The molecule has 0 bridgehead atoms. The summed E-state index contributed by atoms with van der Waals surface area (Å²) in [5, 5.41) is 6.85. The van der Waals surface area contributed by atoms with Gasteiger partial charge in [0.25, 0.3) is 0 Å². The molecule has 0 unspecified atom stereocenters. The van der Waals surface area contributed by atoms with E-state index in [0.717, 1.165) is 22.3 Å². The molecule has 1 aromatic heterocycles. The minimum Gasteiger partial charge on any atom is -0.355 e. The fourth-order valence-electron chi connectivity index (χ4n) is 4.29. The van der Waals surface area contributed by atoms with Crippen molar-refractivity contribution >= 4 is 33.8 Å². The van der Waals surface area contributed by atoms with E-state index in [0.29, 0.717) is 30.8 Å². The van der Waals surface area contributed by atoms with Gasteiger partial charge in [0, 0.05) is 18.8 Å². The van der Waals surface area contributed by atoms with Crippen LogP contribution >= 0.6 is 0 Å². The first-order chi connectivity index (χ1) is 16.6. The maximum absolute atomic E-state index is 13.6. The molecule has 0 spiro atoms. The fourth-order valence-corrected chi connectivity index (χ4v) is 6.06. The molecule has 4 rings (SSSR count). The van der Waals surface area contributed by atoms with Crippen molar-refractivity contribution in [3.63, 3.8) is 0 Å². The van der Waals surface area contributed by atoms with Crippen LogP contribution < -0.4 is 5.32 Å². The van der Waals surface area contributed by atoms with Crippen LogP contribution in [-0.4, -0.2) is 36.9 Å². The van der Waals surface area contributed by atoms with Crippen molar-refractivity contribution in [1.82, 2.24) is 9.46 Å². The molecular weight excluding hydrogens is 462 g/mol. The number of piperidine rings is 1. The van der Waals surface area contributed by atoms with Gasteiger partial charge >= 0.3 is 0 Å². The summed E-state index contributed by atoms with van der Waals surface area (Å²) in [6.07, 6.45) is 4.73. The van der Waals surface area contributed by atoms with Crippen molar-refractivity contribution < 1.29 is 17.7 Å². The number of aromatic nitrogens is 1. The molecule has 7 nitrogen and oxygen atoms in total. The minimum absolute atomic E-state index is 0.0543. The lowest BCUT2D eigenvalue weighted by Gasteiger charge is -2.31. The van der Waals surface area contributed by atoms with Gasteiger partial charge in [-0.2, -0.15) is 4.31 Å². The second kappa shape index (κ2) is 10.2. The van der Waals surface area contributed by atoms with Crippen molar-refractivity contribution in [1.29, 1.82) is 0 Å². The van der Waals surface area contributed by atoms with Crippen LogP contribution in [-0.2, 0) is 14.8 Å². The molecule has 1 aliphatic rings. The number of carbonyl (C=O) groups excluding carboxylic acids is 1. The highest BCUT2D eigenvalue weighted by atomic mass is 32.2. The molecule has 0 radical (unpaired) electrons. The zero-order valence-electron chi connectivity index (χ0n) is 20.5. The predicted molar refractivity (Wildman–Crippen MR) is 137 cm³/mol. The largest absolute Gasteiger partial charge is 0.355 e. The fraction of sp³-hybridized carbons (Fsp3) is 0.333. The first-order valence-corrected chi connectivity index (χ1v) is 13.2. The maximum Gasteiger partial charge on any atom is 0.248 e. The lowest BCUT2D eigenvalue weighted by molar-refractivity contribution is -0.120. The Morgan fingerprint density at radius 3 is 2.51 bits per heavy atom. The standard InChI is InChI=1S/C27H31N3O4S/c1-18-8-12-24(13-9-18)28-27(31)23-6-5-15-30(17-23)35(32,33)26-21(4)29-34-25(26)14-11-22-16-19(2)7-10-20(22)3/h7-14,16,23H,5-6,15,17H2,1-4H3,(H,28,31)/b14-11+/t23-/m1/s1. The number of hydrogen-bond acceptors (Lipinski definition) is 5. The summed E-state index contributed by atoms with van der Waals surface area (Å²) in [5.74, 6) is -0.422. The number of anilines is 1. The minimum atomic E-state index is -3.90. The summed E-state index contributed by atoms with van der Waals surface area (Å²) < 4.78 is 34.1. The smallest absolute Gasteiger partial charge is 0.248 e. The van der Waals surface area contributed by atoms with E-state index in [1.54, 1.807) is 13.0 Å². The molecule has 35 heavy (non-hydrogen) atoms. The second-order valence-electron chi connectivity index (χ2n) is 9.21. The second-order valence-corrected chi connectivity index (χ2v) is 11.1. The Morgan fingerprint density at radius 2 is 1.77 bits per heavy atom. The van der Waals surface area contributed by atoms with E-state index >= 15 is 0 Å². The Labute approximate surface area is 206 Å². The quantitative estimate of drug-likeness (QED) is 0.515. The Kier molecular flexibility index (Phi) is 7.23. The SMILES string of the molecule is Cc1ccc(NC(=O)[C@@H]2CCCN(S(=O)(=O)c3c(C)noc3/C=C/c3cc(C)ccc3C)C2)cc1. The van der Waals surface area contributed by atoms with E-state index in [4.69, 9.17) is 4.52 Å². The number of rotatable bonds is 6. The summed E-state index contributed by atoms with van der Waals surface area (Å²) >= 11 is 0. The number of aryl methyl sites for hydroxylation is 4. The maximum atomic E-state index is 13.6. The van der Waals surface area contributed by atoms with Crippen molar-refractivity contribution in [2.24, 2.45) is 5.92 Å². The number of nitrogens with zero attached hydrogens (tertiary/aromatic N) is 2. The van der Waals surface area contributed by atoms with Gasteiger partial charge in [-0.1, -0.05) is 52.7 Å². The summed E-state index contributed by atoms with van der Waals surface area (Å²) in [6, 6.07) is 13.6. The van der Waals surface area contributed by atoms with Crippen LogP contribution in [0.5, 0.6) is 0 Å². The highest BCUT2D eigenvalue weighted by Gasteiger charge is 2.37. The first-order valence-electron chi connectivity index (χ1n) is 11.7. The van der Waals surface area contributed by atoms with Crippen LogP contribution in [0.15, 0.2) is 51.9 Å². The molecule has 8 heteroatoms. The lowest BCUT2D eigenvalue weighted by Crippen LogP contribution is -2.43. The van der Waals surface area contributed by atoms with Gasteiger partial charge < -0.3 is 9.84 Å². The number of carbonyl (C=O) groups is 1. The third-order valence-electron chi connectivity index (χ3n) is 6.35. The molecule has 0 aliphatic carbocycles. The van der Waals surface area contributed by atoms with Crippen molar-refractivity contribution in [3.05, 3.63) is 76.2 Å². The zero-order chi connectivity index (χ0) is 25.2. The average molecular weight is 494 g/mol. The Morgan fingerprint density at radius 1 is 1.06 bits per heavy atom. The molecule has 3 aromatic rings. The average Bonchev–Trinajstić information content (AvgIpc) is 3.22. The van der Waals surface area contributed by atoms with Gasteiger partial charge in [-0.05, 0) is 69.9 Å². The molecule has 1 saturated heterocycles. The number of nitrogens with one attached hydrogen (secondary N) is 1. The molecular formula is C27H31N3O4S. The van der Waals surface area contributed by atoms with Crippen molar-refractivity contribution in [2.75, 3.05) is 18.4 Å². The Balaban J connectivity index is 1.55. The van der Waals surface area contributed by atoms with Gasteiger partial charge in [-0.3, -0.25) is 4.79 Å². The molecule has 2 aromatic carbocycles. The van der Waals surface area contributed by atoms with Gasteiger partial charge in [-0.15, -0.1) is 0 Å². The molecule has 1 fully saturated rings. The van der Waals surface area contributed by atoms with E-state index in [1.165, 1.54) is 4.31 Å². The number of sulfonamides is 1. The van der Waals surface area contributed by atoms with Gasteiger partial charge in [-0.25, -0.2) is 8.42 Å². The normalized spacial score (nSPS) is 17.1. The van der Waals surface area contributed by atoms with Gasteiger partial charge in [0.1, 0.15) is 5.69 Å². The van der Waals surface area contributed by atoms with Crippen LogP contribution in [0.1, 0.15) is 46.5 Å². The highest BCUT2D eigenvalue weighted by Crippen LogP contribution is 2.30. The first kappa shape index (κ1) is 24.9. The van der Waals surface area contributed by atoms with Crippen LogP contribution in [0.2, 0.25) is 0 Å². The predicted octanol–water partition coefficient (Wildman–Crippen LogP) is 5.12. The van der Waals surface area contributed by atoms with Crippen molar-refractivity contribution in [3.8, 4) is 0 Å². The summed E-state index contributed by atoms with van der Waals surface area (Å²) in [6.45, 7) is 8.07. The molecule has 184 valence electrons. The van der Waals surface area contributed by atoms with E-state index in [1.807, 2.05) is 69.3 Å². The molecule has 1 atom stereocenters. The number of amides is 1. The van der Waals surface area contributed by atoms with Gasteiger partial charge in [0.2, 0.25) is 15.9 Å². The third kappa shape index (κ3) is 5.55. The van der Waals surface area contributed by atoms with E-state index in [2.05, 4.69) is 10.5 Å². The molecule has 1 aliphatic heterocycles. The van der Waals surface area contributed by atoms with Crippen LogP contribution in [0, 0.1) is 33.6 Å². The molecule has 1 N–H and O–H groups in total. The van der Waals surface area contributed by atoms with E-state index < -0.39 is 15.9 Å². The summed E-state index contributed by atoms with van der Waals surface area (Å²) in [4.78, 5) is 12.9. The summed E-state index contributed by atoms with van der Waals surface area (Å²) in [5.41, 5.74) is 5.27. The lowest BCUT2D eigenvalue weighted by atomic mass is 9.98. The molecule has 2 heterocycles. The highest BCUT2D eigenvalue weighted by molar-refractivity contribution is 7.89. The van der Waals surface area contributed by atoms with E-state index in [9.17, 15) is 13.2 Å². The Bertz CT molecular complexity index is 1360. The number of hydrogen-bond donors (Lipinski definition) is 1. The van der Waals surface area contributed by atoms with E-state index in [-0.39, 0.29) is 23.1 Å². The van der Waals surface area contributed by atoms with Crippen LogP contribution in [0.25, 0.3) is 12.2 Å². The third-order valence-corrected chi connectivity index (χ3v) is 8.38. The van der Waals surface area contributed by atoms with Crippen LogP contribution in [0.4, 0.5) is 5.69 Å². The monoisotopic (exact) mass is 493 g/mol. The molecule has 0 saturated carbocycles. The Hall–Kier alpha value is -3.23. The van der Waals surface area contributed by atoms with Crippen molar-refractivity contribution in [2.45, 2.75) is 45.4 Å². The number of benzene rings is 2. The zero-order valence-corrected chi connectivity index (χ0v) is 21.4. The topological polar surface area (TPSA) is 92.5 Å². The summed E-state index contributed by atoms with van der Waals surface area (Å²) in [7, 11) is -3.90. The van der Waals surface area contributed by atoms with Gasteiger partial charge in [0.05, 0.1) is 5.92 Å². The molecule has 1 amide bonds.